The number of aryl methyl sites for hydroxylation is 1. The van der Waals surface area contributed by atoms with E-state index in [-0.39, 0.29) is 0 Å². The van der Waals surface area contributed by atoms with Crippen LogP contribution >= 0.6 is 11.8 Å². The van der Waals surface area contributed by atoms with Gasteiger partial charge >= 0.3 is 0 Å². The summed E-state index contributed by atoms with van der Waals surface area (Å²) in [4.78, 5) is 8.52. The SMILES string of the molecule is COc1ccc2c(Sc3nnnn3C)ncnc2c1. The van der Waals surface area contributed by atoms with Crippen molar-refractivity contribution >= 4 is 22.7 Å². The fourth-order valence-corrected chi connectivity index (χ4v) is 2.42. The fraction of sp³-hybridized carbons (Fsp3) is 0.182. The van der Waals surface area contributed by atoms with Gasteiger partial charge in [0.2, 0.25) is 5.16 Å². The molecule has 0 amide bonds. The Hall–Kier alpha value is -2.22. The van der Waals surface area contributed by atoms with Crippen molar-refractivity contribution in [1.82, 2.24) is 30.2 Å². The number of tetrazole rings is 1. The molecule has 0 aliphatic heterocycles. The van der Waals surface area contributed by atoms with E-state index >= 15 is 0 Å². The van der Waals surface area contributed by atoms with E-state index in [4.69, 9.17) is 4.74 Å². The summed E-state index contributed by atoms with van der Waals surface area (Å²) in [5.74, 6) is 0.766. The average Bonchev–Trinajstić information content (AvgIpc) is 2.84. The third-order valence-corrected chi connectivity index (χ3v) is 3.62. The van der Waals surface area contributed by atoms with Crippen molar-refractivity contribution in [3.05, 3.63) is 24.5 Å². The van der Waals surface area contributed by atoms with Gasteiger partial charge in [0.15, 0.2) is 0 Å². The summed E-state index contributed by atoms with van der Waals surface area (Å²) in [6, 6.07) is 5.68. The molecule has 8 heteroatoms. The molecule has 0 saturated carbocycles. The quantitative estimate of drug-likeness (QED) is 0.666. The number of fused-ring (bicyclic) bond motifs is 1. The number of nitrogens with zero attached hydrogens (tertiary/aromatic N) is 6. The molecule has 0 aliphatic carbocycles. The molecule has 0 spiro atoms. The van der Waals surface area contributed by atoms with Gasteiger partial charge in [0.05, 0.1) is 12.6 Å². The minimum absolute atomic E-state index is 0.677. The van der Waals surface area contributed by atoms with Crippen LogP contribution in [0.25, 0.3) is 10.9 Å². The van der Waals surface area contributed by atoms with Gasteiger partial charge in [-0.15, -0.1) is 5.10 Å². The van der Waals surface area contributed by atoms with Crippen LogP contribution < -0.4 is 4.74 Å². The Balaban J connectivity index is 2.06. The standard InChI is InChI=1S/C11H10N6OS/c1-17-11(14-15-16-17)19-10-8-4-3-7(18-2)5-9(8)12-6-13-10/h3-6H,1-2H3. The topological polar surface area (TPSA) is 78.6 Å². The first kappa shape index (κ1) is 11.8. The molecule has 3 aromatic rings. The summed E-state index contributed by atoms with van der Waals surface area (Å²) in [6.07, 6.45) is 1.52. The number of hydrogen-bond donors (Lipinski definition) is 0. The average molecular weight is 274 g/mol. The zero-order valence-electron chi connectivity index (χ0n) is 10.3. The molecule has 0 fully saturated rings. The molecule has 19 heavy (non-hydrogen) atoms. The summed E-state index contributed by atoms with van der Waals surface area (Å²) in [7, 11) is 3.41. The summed E-state index contributed by atoms with van der Waals surface area (Å²) in [5, 5.41) is 13.8. The number of benzene rings is 1. The van der Waals surface area contributed by atoms with Crippen molar-refractivity contribution < 1.29 is 4.74 Å². The highest BCUT2D eigenvalue weighted by molar-refractivity contribution is 7.99. The zero-order valence-corrected chi connectivity index (χ0v) is 11.1. The Morgan fingerprint density at radius 1 is 1.26 bits per heavy atom. The molecule has 2 aromatic heterocycles. The second-order valence-electron chi connectivity index (χ2n) is 3.75. The van der Waals surface area contributed by atoms with E-state index in [1.807, 2.05) is 18.2 Å². The molecule has 96 valence electrons. The van der Waals surface area contributed by atoms with Gasteiger partial charge in [-0.2, -0.15) is 0 Å². The zero-order chi connectivity index (χ0) is 13.2. The van der Waals surface area contributed by atoms with Crippen molar-refractivity contribution in [2.45, 2.75) is 10.2 Å². The molecule has 3 rings (SSSR count). The number of methoxy groups -OCH3 is 1. The second kappa shape index (κ2) is 4.81. The Labute approximate surface area is 113 Å². The highest BCUT2D eigenvalue weighted by atomic mass is 32.2. The maximum Gasteiger partial charge on any atom is 0.215 e. The molecular weight excluding hydrogens is 264 g/mol. The molecular formula is C11H10N6OS. The van der Waals surface area contributed by atoms with Crippen molar-refractivity contribution in [2.24, 2.45) is 7.05 Å². The van der Waals surface area contributed by atoms with E-state index < -0.39 is 0 Å². The van der Waals surface area contributed by atoms with Crippen LogP contribution in [0.4, 0.5) is 0 Å². The molecule has 7 nitrogen and oxygen atoms in total. The lowest BCUT2D eigenvalue weighted by molar-refractivity contribution is 0.415. The molecule has 0 saturated heterocycles. The Bertz CT molecular complexity index is 728. The molecule has 0 radical (unpaired) electrons. The van der Waals surface area contributed by atoms with Crippen LogP contribution in [0.3, 0.4) is 0 Å². The molecule has 0 aliphatic rings. The summed E-state index contributed by atoms with van der Waals surface area (Å²) in [6.45, 7) is 0. The first-order valence-electron chi connectivity index (χ1n) is 5.47. The van der Waals surface area contributed by atoms with Gasteiger partial charge in [0, 0.05) is 18.5 Å². The van der Waals surface area contributed by atoms with Gasteiger partial charge < -0.3 is 4.74 Å². The minimum atomic E-state index is 0.677. The summed E-state index contributed by atoms with van der Waals surface area (Å²) in [5.41, 5.74) is 0.826. The predicted molar refractivity (Wildman–Crippen MR) is 69.0 cm³/mol. The van der Waals surface area contributed by atoms with Gasteiger partial charge in [-0.25, -0.2) is 14.6 Å². The van der Waals surface area contributed by atoms with Crippen LogP contribution in [0.5, 0.6) is 5.75 Å². The molecule has 2 heterocycles. The van der Waals surface area contributed by atoms with Gasteiger partial charge in [-0.05, 0) is 34.3 Å². The van der Waals surface area contributed by atoms with Crippen LogP contribution in [0.1, 0.15) is 0 Å². The highest BCUT2D eigenvalue weighted by Gasteiger charge is 2.10. The highest BCUT2D eigenvalue weighted by Crippen LogP contribution is 2.30. The maximum atomic E-state index is 5.18. The van der Waals surface area contributed by atoms with Gasteiger partial charge in [0.25, 0.3) is 0 Å². The van der Waals surface area contributed by atoms with Crippen LogP contribution in [0.2, 0.25) is 0 Å². The smallest absolute Gasteiger partial charge is 0.215 e. The van der Waals surface area contributed by atoms with Crippen LogP contribution in [0, 0.1) is 0 Å². The maximum absolute atomic E-state index is 5.18. The van der Waals surface area contributed by atoms with Gasteiger partial charge in [-0.3, -0.25) is 0 Å². The number of aromatic nitrogens is 6. The predicted octanol–water partition coefficient (Wildman–Crippen LogP) is 1.31. The first-order valence-corrected chi connectivity index (χ1v) is 6.28. The van der Waals surface area contributed by atoms with E-state index in [0.717, 1.165) is 21.7 Å². The van der Waals surface area contributed by atoms with E-state index in [1.54, 1.807) is 18.8 Å². The molecule has 0 unspecified atom stereocenters. The Morgan fingerprint density at radius 3 is 2.89 bits per heavy atom. The van der Waals surface area contributed by atoms with Crippen LogP contribution in [-0.4, -0.2) is 37.3 Å². The van der Waals surface area contributed by atoms with E-state index in [1.165, 1.54) is 18.1 Å². The first-order chi connectivity index (χ1) is 9.28. The van der Waals surface area contributed by atoms with Crippen molar-refractivity contribution in [2.75, 3.05) is 7.11 Å². The summed E-state index contributed by atoms with van der Waals surface area (Å²) >= 11 is 1.40. The van der Waals surface area contributed by atoms with E-state index in [9.17, 15) is 0 Å². The lowest BCUT2D eigenvalue weighted by Gasteiger charge is -2.05. The Kier molecular flexibility index (Phi) is 3.00. The molecule has 0 N–H and O–H groups in total. The van der Waals surface area contributed by atoms with E-state index in [0.29, 0.717) is 5.16 Å². The number of ether oxygens (including phenoxy) is 1. The summed E-state index contributed by atoms with van der Waals surface area (Å²) < 4.78 is 6.78. The monoisotopic (exact) mass is 274 g/mol. The van der Waals surface area contributed by atoms with Crippen LogP contribution in [0.15, 0.2) is 34.7 Å². The Morgan fingerprint density at radius 2 is 2.16 bits per heavy atom. The van der Waals surface area contributed by atoms with Gasteiger partial charge in [0.1, 0.15) is 17.1 Å². The minimum Gasteiger partial charge on any atom is -0.497 e. The van der Waals surface area contributed by atoms with Gasteiger partial charge in [-0.1, -0.05) is 0 Å². The molecule has 1 aromatic carbocycles. The van der Waals surface area contributed by atoms with Crippen molar-refractivity contribution in [1.29, 1.82) is 0 Å². The number of hydrogen-bond acceptors (Lipinski definition) is 7. The molecule has 0 atom stereocenters. The van der Waals surface area contributed by atoms with Crippen molar-refractivity contribution in [3.8, 4) is 5.75 Å². The third kappa shape index (κ3) is 2.22. The normalized spacial score (nSPS) is 10.8. The fourth-order valence-electron chi connectivity index (χ4n) is 1.61. The second-order valence-corrected chi connectivity index (χ2v) is 4.71. The largest absolute Gasteiger partial charge is 0.497 e. The lowest BCUT2D eigenvalue weighted by atomic mass is 10.2. The van der Waals surface area contributed by atoms with Crippen molar-refractivity contribution in [3.63, 3.8) is 0 Å². The third-order valence-electron chi connectivity index (χ3n) is 2.58. The van der Waals surface area contributed by atoms with E-state index in [2.05, 4.69) is 25.5 Å². The van der Waals surface area contributed by atoms with Crippen LogP contribution in [-0.2, 0) is 7.05 Å². The lowest BCUT2D eigenvalue weighted by Crippen LogP contribution is -1.94. The molecule has 0 bridgehead atoms. The number of rotatable bonds is 3.